The fourth-order valence-corrected chi connectivity index (χ4v) is 3.76. The highest BCUT2D eigenvalue weighted by molar-refractivity contribution is 14.1. The van der Waals surface area contributed by atoms with Gasteiger partial charge < -0.3 is 15.5 Å². The van der Waals surface area contributed by atoms with Gasteiger partial charge in [0.15, 0.2) is 5.16 Å². The summed E-state index contributed by atoms with van der Waals surface area (Å²) in [5, 5.41) is 23.8. The Morgan fingerprint density at radius 3 is 2.50 bits per heavy atom. The lowest BCUT2D eigenvalue weighted by Gasteiger charge is -2.29. The number of halogens is 1. The van der Waals surface area contributed by atoms with Crippen molar-refractivity contribution in [2.75, 3.05) is 24.4 Å². The number of anilines is 1. The van der Waals surface area contributed by atoms with E-state index in [1.54, 1.807) is 11.8 Å². The zero-order valence-electron chi connectivity index (χ0n) is 13.3. The van der Waals surface area contributed by atoms with Crippen LogP contribution in [0, 0.1) is 10.5 Å². The lowest BCUT2D eigenvalue weighted by Crippen LogP contribution is -2.41. The Hall–Kier alpha value is 0.230. The van der Waals surface area contributed by atoms with Crippen molar-refractivity contribution in [1.82, 2.24) is 9.97 Å². The molecular formula is C14H24IN3O2S2. The molecule has 126 valence electrons. The Bertz CT molecular complexity index is 480. The topological polar surface area (TPSA) is 78.3 Å². The molecule has 3 N–H and O–H groups in total. The van der Waals surface area contributed by atoms with Crippen LogP contribution in [0.15, 0.2) is 5.16 Å². The van der Waals surface area contributed by atoms with E-state index < -0.39 is 6.10 Å². The van der Waals surface area contributed by atoms with Crippen molar-refractivity contribution in [3.05, 3.63) is 9.26 Å². The second kappa shape index (κ2) is 10.2. The minimum atomic E-state index is -0.545. The maximum absolute atomic E-state index is 10.6. The molecular weight excluding hydrogens is 433 g/mol. The Kier molecular flexibility index (Phi) is 9.37. The zero-order chi connectivity index (χ0) is 16.7. The van der Waals surface area contributed by atoms with Gasteiger partial charge in [-0.3, -0.25) is 0 Å². The first-order valence-electron chi connectivity index (χ1n) is 7.14. The first-order chi connectivity index (χ1) is 10.5. The second-order valence-corrected chi connectivity index (χ2v) is 7.82. The van der Waals surface area contributed by atoms with Gasteiger partial charge in [-0.15, -0.1) is 0 Å². The monoisotopic (exact) mass is 457 g/mol. The molecule has 1 unspecified atom stereocenters. The molecule has 1 heterocycles. The molecule has 3 atom stereocenters. The first-order valence-corrected chi connectivity index (χ1v) is 10.7. The fourth-order valence-electron chi connectivity index (χ4n) is 2.14. The number of hydrogen-bond donors (Lipinski definition) is 3. The van der Waals surface area contributed by atoms with E-state index in [4.69, 9.17) is 5.11 Å². The number of nitrogens with one attached hydrogen (secondary N) is 1. The lowest BCUT2D eigenvalue weighted by molar-refractivity contribution is 0.135. The van der Waals surface area contributed by atoms with Gasteiger partial charge in [-0.1, -0.05) is 18.7 Å². The van der Waals surface area contributed by atoms with E-state index in [0.29, 0.717) is 6.42 Å². The summed E-state index contributed by atoms with van der Waals surface area (Å²) in [4.78, 5) is 8.93. The number of aromatic nitrogens is 2. The van der Waals surface area contributed by atoms with E-state index in [1.165, 1.54) is 11.8 Å². The van der Waals surface area contributed by atoms with Gasteiger partial charge in [0.25, 0.3) is 0 Å². The maximum atomic E-state index is 10.6. The number of thioether (sulfide) groups is 2. The SMILES string of the molecule is CCC(Nc1nc(SC)nc(C)c1I)[C@H](O)[C@H](CCO)SC. The molecule has 0 saturated carbocycles. The van der Waals surface area contributed by atoms with Crippen molar-refractivity contribution in [2.24, 2.45) is 0 Å². The van der Waals surface area contributed by atoms with Gasteiger partial charge in [-0.2, -0.15) is 11.8 Å². The number of nitrogens with zero attached hydrogens (tertiary/aromatic N) is 2. The molecule has 8 heteroatoms. The Morgan fingerprint density at radius 2 is 2.00 bits per heavy atom. The number of rotatable bonds is 9. The highest BCUT2D eigenvalue weighted by Crippen LogP contribution is 2.26. The molecule has 22 heavy (non-hydrogen) atoms. The van der Waals surface area contributed by atoms with Crippen LogP contribution in [0.4, 0.5) is 5.82 Å². The Labute approximate surface area is 154 Å². The van der Waals surface area contributed by atoms with Crippen LogP contribution in [-0.4, -0.2) is 56.7 Å². The second-order valence-electron chi connectivity index (χ2n) is 4.89. The van der Waals surface area contributed by atoms with Gasteiger partial charge >= 0.3 is 0 Å². The third-order valence-electron chi connectivity index (χ3n) is 3.45. The minimum absolute atomic E-state index is 0.00284. The van der Waals surface area contributed by atoms with Gasteiger partial charge in [-0.05, 0) is 54.9 Å². The van der Waals surface area contributed by atoms with Crippen LogP contribution in [0.1, 0.15) is 25.5 Å². The molecule has 0 aliphatic rings. The van der Waals surface area contributed by atoms with Crippen molar-refractivity contribution < 1.29 is 10.2 Å². The molecule has 1 aromatic heterocycles. The molecule has 0 aliphatic heterocycles. The summed E-state index contributed by atoms with van der Waals surface area (Å²) in [7, 11) is 0. The summed E-state index contributed by atoms with van der Waals surface area (Å²) in [6, 6.07) is -0.110. The van der Waals surface area contributed by atoms with Crippen molar-refractivity contribution in [1.29, 1.82) is 0 Å². The van der Waals surface area contributed by atoms with E-state index in [2.05, 4.69) is 37.9 Å². The van der Waals surface area contributed by atoms with Gasteiger partial charge in [0.05, 0.1) is 21.4 Å². The third-order valence-corrected chi connectivity index (χ3v) is 6.41. The molecule has 0 fully saturated rings. The van der Waals surface area contributed by atoms with Gasteiger partial charge in [0, 0.05) is 11.9 Å². The van der Waals surface area contributed by atoms with E-state index >= 15 is 0 Å². The largest absolute Gasteiger partial charge is 0.396 e. The highest BCUT2D eigenvalue weighted by Gasteiger charge is 2.27. The van der Waals surface area contributed by atoms with Crippen LogP contribution in [0.3, 0.4) is 0 Å². The summed E-state index contributed by atoms with van der Waals surface area (Å²) < 4.78 is 0.976. The molecule has 0 amide bonds. The Balaban J connectivity index is 2.96. The summed E-state index contributed by atoms with van der Waals surface area (Å²) in [6.07, 6.45) is 4.72. The molecule has 0 radical (unpaired) electrons. The summed E-state index contributed by atoms with van der Waals surface area (Å²) in [5.41, 5.74) is 0.934. The van der Waals surface area contributed by atoms with Gasteiger partial charge in [0.1, 0.15) is 5.82 Å². The standard InChI is InChI=1S/C14H24IN3O2S2/c1-5-9(12(20)10(21-3)6-7-19)17-13-11(15)8(2)16-14(18-13)22-4/h9-10,12,19-20H,5-7H2,1-4H3,(H,16,17,18)/t9?,10-,12-/m0/s1. The summed E-state index contributed by atoms with van der Waals surface area (Å²) in [5.74, 6) is 0.771. The van der Waals surface area contributed by atoms with E-state index in [9.17, 15) is 5.11 Å². The quantitative estimate of drug-likeness (QED) is 0.299. The molecule has 1 rings (SSSR count). The third kappa shape index (κ3) is 5.40. The molecule has 0 saturated heterocycles. The number of hydrogen-bond acceptors (Lipinski definition) is 7. The maximum Gasteiger partial charge on any atom is 0.189 e. The molecule has 0 aromatic carbocycles. The number of aliphatic hydroxyl groups excluding tert-OH is 2. The zero-order valence-corrected chi connectivity index (χ0v) is 17.1. The van der Waals surface area contributed by atoms with Crippen LogP contribution in [0.5, 0.6) is 0 Å². The molecule has 0 aliphatic carbocycles. The van der Waals surface area contributed by atoms with Gasteiger partial charge in [-0.25, -0.2) is 9.97 Å². The van der Waals surface area contributed by atoms with Crippen molar-refractivity contribution in [2.45, 2.75) is 49.2 Å². The first kappa shape index (κ1) is 20.3. The number of aryl methyl sites for hydroxylation is 1. The van der Waals surface area contributed by atoms with Crippen LogP contribution in [0.2, 0.25) is 0 Å². The molecule has 0 spiro atoms. The molecule has 5 nitrogen and oxygen atoms in total. The van der Waals surface area contributed by atoms with E-state index in [1.807, 2.05) is 26.4 Å². The van der Waals surface area contributed by atoms with Crippen LogP contribution in [-0.2, 0) is 0 Å². The predicted molar refractivity (Wildman–Crippen MR) is 104 cm³/mol. The lowest BCUT2D eigenvalue weighted by atomic mass is 10.0. The van der Waals surface area contributed by atoms with Crippen molar-refractivity contribution in [3.8, 4) is 0 Å². The average Bonchev–Trinajstić information content (AvgIpc) is 2.53. The van der Waals surface area contributed by atoms with Gasteiger partial charge in [0.2, 0.25) is 0 Å². The smallest absolute Gasteiger partial charge is 0.189 e. The summed E-state index contributed by atoms with van der Waals surface area (Å²) in [6.45, 7) is 4.08. The van der Waals surface area contributed by atoms with E-state index in [0.717, 1.165) is 26.7 Å². The Morgan fingerprint density at radius 1 is 1.32 bits per heavy atom. The number of aliphatic hydroxyl groups is 2. The van der Waals surface area contributed by atoms with Crippen molar-refractivity contribution in [3.63, 3.8) is 0 Å². The van der Waals surface area contributed by atoms with E-state index in [-0.39, 0.29) is 17.9 Å². The average molecular weight is 457 g/mol. The van der Waals surface area contributed by atoms with Crippen LogP contribution >= 0.6 is 46.1 Å². The van der Waals surface area contributed by atoms with Crippen molar-refractivity contribution >= 4 is 51.9 Å². The fraction of sp³-hybridized carbons (Fsp3) is 0.714. The summed E-state index contributed by atoms with van der Waals surface area (Å²) >= 11 is 5.32. The molecule has 0 bridgehead atoms. The van der Waals surface area contributed by atoms with Crippen LogP contribution < -0.4 is 5.32 Å². The highest BCUT2D eigenvalue weighted by atomic mass is 127. The van der Waals surface area contributed by atoms with Crippen LogP contribution in [0.25, 0.3) is 0 Å². The normalized spacial score (nSPS) is 15.4. The predicted octanol–water partition coefficient (Wildman–Crippen LogP) is 2.78. The molecule has 1 aromatic rings. The minimum Gasteiger partial charge on any atom is -0.396 e.